The summed E-state index contributed by atoms with van der Waals surface area (Å²) in [6, 6.07) is 6.94. The fraction of sp³-hybridized carbons (Fsp3) is 0.214. The van der Waals surface area contributed by atoms with Crippen LogP contribution in [0.1, 0.15) is 15.9 Å². The first-order valence-corrected chi connectivity index (χ1v) is 8.61. The van der Waals surface area contributed by atoms with E-state index in [0.29, 0.717) is 15.8 Å². The largest absolute Gasteiger partial charge is 0.477 e. The molecular formula is C14H14ClN3O3S2. The van der Waals surface area contributed by atoms with Gasteiger partial charge in [-0.05, 0) is 23.2 Å². The Bertz CT molecular complexity index is 734. The van der Waals surface area contributed by atoms with Gasteiger partial charge in [0.05, 0.1) is 0 Å². The topological polar surface area (TPSA) is 82.5 Å². The number of hydrogen-bond donors (Lipinski definition) is 2. The number of halogens is 1. The molecule has 6 nitrogen and oxygen atoms in total. The van der Waals surface area contributed by atoms with Crippen LogP contribution in [0.5, 0.6) is 0 Å². The van der Waals surface area contributed by atoms with Gasteiger partial charge in [-0.15, -0.1) is 0 Å². The molecule has 0 bridgehead atoms. The molecule has 1 aromatic heterocycles. The Kier molecular flexibility index (Phi) is 5.86. The van der Waals surface area contributed by atoms with Crippen molar-refractivity contribution in [1.82, 2.24) is 9.27 Å². The summed E-state index contributed by atoms with van der Waals surface area (Å²) in [5.41, 5.74) is 0.893. The number of thioether (sulfide) groups is 1. The van der Waals surface area contributed by atoms with E-state index in [1.807, 2.05) is 18.2 Å². The molecule has 122 valence electrons. The number of nitrogens with zero attached hydrogens (tertiary/aromatic N) is 2. The lowest BCUT2D eigenvalue weighted by molar-refractivity contribution is 0.0694. The molecular weight excluding hydrogens is 358 g/mol. The van der Waals surface area contributed by atoms with Gasteiger partial charge in [-0.2, -0.15) is 4.37 Å². The van der Waals surface area contributed by atoms with Crippen LogP contribution in [0.4, 0.5) is 9.80 Å². The molecule has 0 aliphatic carbocycles. The number of anilines is 1. The minimum Gasteiger partial charge on any atom is -0.477 e. The van der Waals surface area contributed by atoms with Crippen LogP contribution in [-0.4, -0.2) is 40.5 Å². The quantitative estimate of drug-likeness (QED) is 0.779. The van der Waals surface area contributed by atoms with Crippen LogP contribution in [0.15, 0.2) is 29.3 Å². The van der Waals surface area contributed by atoms with Gasteiger partial charge in [0, 0.05) is 24.9 Å². The van der Waals surface area contributed by atoms with E-state index >= 15 is 0 Å². The molecule has 1 aromatic carbocycles. The molecule has 0 radical (unpaired) electrons. The van der Waals surface area contributed by atoms with E-state index in [-0.39, 0.29) is 10.6 Å². The molecule has 0 spiro atoms. The molecule has 0 aliphatic rings. The second kappa shape index (κ2) is 7.67. The average Bonchev–Trinajstić information content (AvgIpc) is 2.89. The van der Waals surface area contributed by atoms with Gasteiger partial charge in [0.2, 0.25) is 0 Å². The number of nitrogens with one attached hydrogen (secondary N) is 1. The molecule has 2 aromatic rings. The van der Waals surface area contributed by atoms with E-state index in [1.165, 1.54) is 16.7 Å². The smallest absolute Gasteiger partial charge is 0.341 e. The second-order valence-corrected chi connectivity index (χ2v) is 6.85. The highest BCUT2D eigenvalue weighted by Gasteiger charge is 2.22. The Morgan fingerprint density at radius 2 is 2.09 bits per heavy atom. The Morgan fingerprint density at radius 3 is 2.70 bits per heavy atom. The lowest BCUT2D eigenvalue weighted by Crippen LogP contribution is -2.27. The van der Waals surface area contributed by atoms with E-state index in [1.54, 1.807) is 20.2 Å². The van der Waals surface area contributed by atoms with Crippen LogP contribution < -0.4 is 5.32 Å². The van der Waals surface area contributed by atoms with Gasteiger partial charge in [0.1, 0.15) is 15.6 Å². The SMILES string of the molecule is CN(C)C(=O)Nc1snc(SCc2ccccc2Cl)c1C(=O)O. The molecule has 0 unspecified atom stereocenters. The van der Waals surface area contributed by atoms with Gasteiger partial charge in [-0.1, -0.05) is 41.6 Å². The van der Waals surface area contributed by atoms with Crippen LogP contribution >= 0.6 is 34.9 Å². The number of carboxylic acid groups (broad SMARTS) is 1. The highest BCUT2D eigenvalue weighted by molar-refractivity contribution is 7.98. The van der Waals surface area contributed by atoms with Gasteiger partial charge in [0.25, 0.3) is 0 Å². The first-order chi connectivity index (χ1) is 10.9. The lowest BCUT2D eigenvalue weighted by Gasteiger charge is -2.10. The van der Waals surface area contributed by atoms with Crippen LogP contribution in [0, 0.1) is 0 Å². The van der Waals surface area contributed by atoms with E-state index in [0.717, 1.165) is 17.1 Å². The minimum atomic E-state index is -1.13. The normalized spacial score (nSPS) is 10.4. The van der Waals surface area contributed by atoms with Crippen molar-refractivity contribution < 1.29 is 14.7 Å². The monoisotopic (exact) mass is 371 g/mol. The minimum absolute atomic E-state index is 0.00209. The zero-order valence-corrected chi connectivity index (χ0v) is 14.8. The van der Waals surface area contributed by atoms with Crippen molar-refractivity contribution in [3.8, 4) is 0 Å². The predicted octanol–water partition coefficient (Wildman–Crippen LogP) is 3.88. The fourth-order valence-corrected chi connectivity index (χ4v) is 3.84. The van der Waals surface area contributed by atoms with Gasteiger partial charge in [0.15, 0.2) is 0 Å². The first kappa shape index (κ1) is 17.6. The fourth-order valence-electron chi connectivity index (χ4n) is 1.62. The molecule has 9 heteroatoms. The average molecular weight is 372 g/mol. The Labute approximate surface area is 146 Å². The van der Waals surface area contributed by atoms with E-state index < -0.39 is 12.0 Å². The van der Waals surface area contributed by atoms with Gasteiger partial charge in [-0.3, -0.25) is 5.32 Å². The van der Waals surface area contributed by atoms with Crippen LogP contribution in [0.2, 0.25) is 5.02 Å². The molecule has 0 saturated carbocycles. The molecule has 23 heavy (non-hydrogen) atoms. The van der Waals surface area contributed by atoms with Crippen LogP contribution in [-0.2, 0) is 5.75 Å². The van der Waals surface area contributed by atoms with Crippen molar-refractivity contribution in [3.05, 3.63) is 40.4 Å². The Hall–Kier alpha value is -1.77. The summed E-state index contributed by atoms with van der Waals surface area (Å²) in [7, 11) is 3.15. The van der Waals surface area contributed by atoms with E-state index in [9.17, 15) is 14.7 Å². The maximum Gasteiger partial charge on any atom is 0.341 e. The van der Waals surface area contributed by atoms with Crippen LogP contribution in [0.3, 0.4) is 0 Å². The lowest BCUT2D eigenvalue weighted by atomic mass is 10.2. The standard InChI is InChI=1S/C14H14ClN3O3S2/c1-18(2)14(21)16-11-10(13(19)20)12(17-23-11)22-7-8-5-3-4-6-9(8)15/h3-6H,7H2,1-2H3,(H,16,21)(H,19,20). The maximum absolute atomic E-state index is 11.7. The van der Waals surface area contributed by atoms with Gasteiger partial charge < -0.3 is 10.0 Å². The van der Waals surface area contributed by atoms with Gasteiger partial charge in [-0.25, -0.2) is 9.59 Å². The number of urea groups is 1. The summed E-state index contributed by atoms with van der Waals surface area (Å²) in [5.74, 6) is -0.639. The highest BCUT2D eigenvalue weighted by Crippen LogP contribution is 2.34. The molecule has 2 N–H and O–H groups in total. The number of carboxylic acids is 1. The van der Waals surface area contributed by atoms with Crippen molar-refractivity contribution in [2.75, 3.05) is 19.4 Å². The number of hydrogen-bond acceptors (Lipinski definition) is 5. The second-order valence-electron chi connectivity index (χ2n) is 4.70. The summed E-state index contributed by atoms with van der Waals surface area (Å²) in [4.78, 5) is 24.5. The van der Waals surface area contributed by atoms with Crippen molar-refractivity contribution in [2.24, 2.45) is 0 Å². The van der Waals surface area contributed by atoms with Crippen LogP contribution in [0.25, 0.3) is 0 Å². The van der Waals surface area contributed by atoms with Crippen molar-refractivity contribution in [1.29, 1.82) is 0 Å². The third kappa shape index (κ3) is 4.37. The van der Waals surface area contributed by atoms with E-state index in [4.69, 9.17) is 11.6 Å². The Balaban J connectivity index is 2.19. The van der Waals surface area contributed by atoms with Crippen molar-refractivity contribution >= 4 is 51.9 Å². The number of aromatic carboxylic acids is 1. The third-order valence-electron chi connectivity index (χ3n) is 2.82. The first-order valence-electron chi connectivity index (χ1n) is 6.47. The molecule has 2 rings (SSSR count). The summed E-state index contributed by atoms with van der Waals surface area (Å²) in [6.07, 6.45) is 0. The maximum atomic E-state index is 11.7. The van der Waals surface area contributed by atoms with Crippen molar-refractivity contribution in [2.45, 2.75) is 10.8 Å². The van der Waals surface area contributed by atoms with E-state index in [2.05, 4.69) is 9.69 Å². The molecule has 1 heterocycles. The highest BCUT2D eigenvalue weighted by atomic mass is 35.5. The number of carbonyl (C=O) groups is 2. The number of aromatic nitrogens is 1. The zero-order valence-electron chi connectivity index (χ0n) is 12.4. The summed E-state index contributed by atoms with van der Waals surface area (Å²) >= 11 is 8.31. The number of benzene rings is 1. The molecule has 2 amide bonds. The summed E-state index contributed by atoms with van der Waals surface area (Å²) < 4.78 is 4.14. The zero-order chi connectivity index (χ0) is 17.0. The number of rotatable bonds is 5. The van der Waals surface area contributed by atoms with Gasteiger partial charge >= 0.3 is 12.0 Å². The summed E-state index contributed by atoms with van der Waals surface area (Å²) in [6.45, 7) is 0. The summed E-state index contributed by atoms with van der Waals surface area (Å²) in [5, 5.41) is 13.1. The molecule has 0 atom stereocenters. The predicted molar refractivity (Wildman–Crippen MR) is 92.8 cm³/mol. The molecule has 0 aliphatic heterocycles. The number of amides is 2. The Morgan fingerprint density at radius 1 is 1.39 bits per heavy atom. The molecule has 0 saturated heterocycles. The number of carbonyl (C=O) groups excluding carboxylic acids is 1. The van der Waals surface area contributed by atoms with Crippen molar-refractivity contribution in [3.63, 3.8) is 0 Å². The third-order valence-corrected chi connectivity index (χ3v) is 5.09. The molecule has 0 fully saturated rings.